The molecule has 0 aromatic heterocycles. The molecule has 2 aliphatic heterocycles. The quantitative estimate of drug-likeness (QED) is 0.921. The number of piperazine rings is 1. The molecule has 0 unspecified atom stereocenters. The van der Waals surface area contributed by atoms with E-state index in [9.17, 15) is 0 Å². The molecule has 0 bridgehead atoms. The summed E-state index contributed by atoms with van der Waals surface area (Å²) in [4.78, 5) is 2.50. The van der Waals surface area contributed by atoms with Crippen molar-refractivity contribution >= 4 is 11.6 Å². The number of nitrogens with one attached hydrogen (secondary N) is 1. The molecule has 0 radical (unpaired) electrons. The van der Waals surface area contributed by atoms with Gasteiger partial charge in [-0.3, -0.25) is 0 Å². The van der Waals surface area contributed by atoms with Crippen LogP contribution in [0.15, 0.2) is 12.1 Å². The predicted molar refractivity (Wildman–Crippen MR) is 80.1 cm³/mol. The van der Waals surface area contributed by atoms with Crippen LogP contribution in [0.2, 0.25) is 5.02 Å². The van der Waals surface area contributed by atoms with E-state index in [1.165, 1.54) is 0 Å². The standard InChI is InChI=1S/C15H21ClN2O2/c16-13-11-15-14(19-8-9-20-15)10-12(13)2-1-5-18-6-3-17-4-7-18/h10-11,17H,1-9H2. The van der Waals surface area contributed by atoms with Crippen LogP contribution in [0.3, 0.4) is 0 Å². The Morgan fingerprint density at radius 3 is 2.55 bits per heavy atom. The highest BCUT2D eigenvalue weighted by atomic mass is 35.5. The summed E-state index contributed by atoms with van der Waals surface area (Å²) in [6.45, 7) is 6.85. The van der Waals surface area contributed by atoms with Crippen molar-refractivity contribution in [3.63, 3.8) is 0 Å². The van der Waals surface area contributed by atoms with E-state index in [1.54, 1.807) is 0 Å². The first kappa shape index (κ1) is 14.0. The van der Waals surface area contributed by atoms with Gasteiger partial charge in [0, 0.05) is 37.3 Å². The minimum absolute atomic E-state index is 0.603. The second-order valence-corrected chi connectivity index (χ2v) is 5.69. The summed E-state index contributed by atoms with van der Waals surface area (Å²) in [5.74, 6) is 1.60. The molecule has 0 saturated carbocycles. The van der Waals surface area contributed by atoms with Crippen LogP contribution in [0, 0.1) is 0 Å². The minimum atomic E-state index is 0.603. The molecular formula is C15H21ClN2O2. The molecule has 5 heteroatoms. The molecule has 1 aromatic rings. The SMILES string of the molecule is Clc1cc2c(cc1CCCN1CCNCC1)OCCO2. The highest BCUT2D eigenvalue weighted by molar-refractivity contribution is 6.31. The second kappa shape index (κ2) is 6.66. The lowest BCUT2D eigenvalue weighted by Crippen LogP contribution is -2.43. The molecule has 1 saturated heterocycles. The van der Waals surface area contributed by atoms with E-state index < -0.39 is 0 Å². The van der Waals surface area contributed by atoms with Gasteiger partial charge in [0.05, 0.1) is 0 Å². The van der Waals surface area contributed by atoms with Crippen LogP contribution in [-0.2, 0) is 6.42 Å². The first-order chi connectivity index (χ1) is 9.83. The summed E-state index contributed by atoms with van der Waals surface area (Å²) in [5, 5.41) is 4.16. The maximum Gasteiger partial charge on any atom is 0.162 e. The van der Waals surface area contributed by atoms with E-state index in [1.807, 2.05) is 12.1 Å². The zero-order valence-electron chi connectivity index (χ0n) is 11.7. The molecule has 20 heavy (non-hydrogen) atoms. The number of rotatable bonds is 4. The first-order valence-electron chi connectivity index (χ1n) is 7.34. The van der Waals surface area contributed by atoms with Gasteiger partial charge in [-0.1, -0.05) is 11.6 Å². The Morgan fingerprint density at radius 2 is 1.80 bits per heavy atom. The fourth-order valence-corrected chi connectivity index (χ4v) is 2.97. The van der Waals surface area contributed by atoms with Crippen LogP contribution in [-0.4, -0.2) is 50.8 Å². The topological polar surface area (TPSA) is 33.7 Å². The van der Waals surface area contributed by atoms with Crippen LogP contribution in [0.5, 0.6) is 11.5 Å². The van der Waals surface area contributed by atoms with Crippen molar-refractivity contribution in [2.75, 3.05) is 45.9 Å². The van der Waals surface area contributed by atoms with Crippen molar-refractivity contribution in [2.45, 2.75) is 12.8 Å². The molecule has 0 spiro atoms. The Morgan fingerprint density at radius 1 is 1.10 bits per heavy atom. The average Bonchev–Trinajstić information content (AvgIpc) is 2.49. The molecule has 1 fully saturated rings. The fourth-order valence-electron chi connectivity index (χ4n) is 2.73. The molecule has 2 heterocycles. The maximum absolute atomic E-state index is 6.32. The molecule has 110 valence electrons. The van der Waals surface area contributed by atoms with Crippen LogP contribution in [0.4, 0.5) is 0 Å². The highest BCUT2D eigenvalue weighted by Gasteiger charge is 2.15. The summed E-state index contributed by atoms with van der Waals surface area (Å²) in [6, 6.07) is 3.92. The summed E-state index contributed by atoms with van der Waals surface area (Å²) < 4.78 is 11.1. The van der Waals surface area contributed by atoms with E-state index in [0.717, 1.165) is 67.7 Å². The van der Waals surface area contributed by atoms with E-state index in [4.69, 9.17) is 21.1 Å². The zero-order valence-corrected chi connectivity index (χ0v) is 12.4. The number of hydrogen-bond acceptors (Lipinski definition) is 4. The summed E-state index contributed by atoms with van der Waals surface area (Å²) in [5.41, 5.74) is 1.16. The molecular weight excluding hydrogens is 276 g/mol. The van der Waals surface area contributed by atoms with Gasteiger partial charge in [0.15, 0.2) is 11.5 Å². The Bertz CT molecular complexity index is 461. The molecule has 4 nitrogen and oxygen atoms in total. The van der Waals surface area contributed by atoms with Gasteiger partial charge in [-0.2, -0.15) is 0 Å². The van der Waals surface area contributed by atoms with Gasteiger partial charge in [-0.15, -0.1) is 0 Å². The van der Waals surface area contributed by atoms with Crippen molar-refractivity contribution in [3.8, 4) is 11.5 Å². The van der Waals surface area contributed by atoms with E-state index in [0.29, 0.717) is 13.2 Å². The van der Waals surface area contributed by atoms with Gasteiger partial charge >= 0.3 is 0 Å². The smallest absolute Gasteiger partial charge is 0.162 e. The van der Waals surface area contributed by atoms with Crippen molar-refractivity contribution in [1.29, 1.82) is 0 Å². The van der Waals surface area contributed by atoms with Crippen molar-refractivity contribution in [3.05, 3.63) is 22.7 Å². The van der Waals surface area contributed by atoms with Gasteiger partial charge in [-0.25, -0.2) is 0 Å². The van der Waals surface area contributed by atoms with E-state index >= 15 is 0 Å². The van der Waals surface area contributed by atoms with Crippen LogP contribution < -0.4 is 14.8 Å². The lowest BCUT2D eigenvalue weighted by Gasteiger charge is -2.27. The molecule has 3 rings (SSSR count). The Hall–Kier alpha value is -0.970. The summed E-state index contributed by atoms with van der Waals surface area (Å²) in [6.07, 6.45) is 2.11. The number of nitrogens with zero attached hydrogens (tertiary/aromatic N) is 1. The lowest BCUT2D eigenvalue weighted by molar-refractivity contribution is 0.171. The summed E-state index contributed by atoms with van der Waals surface area (Å²) in [7, 11) is 0. The minimum Gasteiger partial charge on any atom is -0.486 e. The average molecular weight is 297 g/mol. The van der Waals surface area contributed by atoms with E-state index in [-0.39, 0.29) is 0 Å². The van der Waals surface area contributed by atoms with Crippen molar-refractivity contribution in [2.24, 2.45) is 0 Å². The number of hydrogen-bond donors (Lipinski definition) is 1. The number of ether oxygens (including phenoxy) is 2. The van der Waals surface area contributed by atoms with Gasteiger partial charge < -0.3 is 19.7 Å². The molecule has 2 aliphatic rings. The number of halogens is 1. The number of benzene rings is 1. The lowest BCUT2D eigenvalue weighted by atomic mass is 10.1. The number of fused-ring (bicyclic) bond motifs is 1. The Kier molecular flexibility index (Phi) is 4.65. The van der Waals surface area contributed by atoms with Gasteiger partial charge in [0.1, 0.15) is 13.2 Å². The van der Waals surface area contributed by atoms with Gasteiger partial charge in [0.2, 0.25) is 0 Å². The van der Waals surface area contributed by atoms with Gasteiger partial charge in [0.25, 0.3) is 0 Å². The molecule has 0 aliphatic carbocycles. The highest BCUT2D eigenvalue weighted by Crippen LogP contribution is 2.35. The molecule has 0 atom stereocenters. The first-order valence-corrected chi connectivity index (χ1v) is 7.72. The van der Waals surface area contributed by atoms with Crippen molar-refractivity contribution < 1.29 is 9.47 Å². The van der Waals surface area contributed by atoms with Crippen LogP contribution in [0.1, 0.15) is 12.0 Å². The van der Waals surface area contributed by atoms with Crippen molar-refractivity contribution in [1.82, 2.24) is 10.2 Å². The maximum atomic E-state index is 6.32. The molecule has 1 aromatic carbocycles. The molecule has 0 amide bonds. The largest absolute Gasteiger partial charge is 0.486 e. The van der Waals surface area contributed by atoms with Gasteiger partial charge in [-0.05, 0) is 31.0 Å². The predicted octanol–water partition coefficient (Wildman–Crippen LogP) is 1.95. The Balaban J connectivity index is 1.56. The second-order valence-electron chi connectivity index (χ2n) is 5.28. The third-order valence-electron chi connectivity index (χ3n) is 3.84. The molecule has 1 N–H and O–H groups in total. The third kappa shape index (κ3) is 3.37. The zero-order chi connectivity index (χ0) is 13.8. The third-order valence-corrected chi connectivity index (χ3v) is 4.19. The van der Waals surface area contributed by atoms with E-state index in [2.05, 4.69) is 10.2 Å². The fraction of sp³-hybridized carbons (Fsp3) is 0.600. The normalized spacial score (nSPS) is 19.1. The Labute approximate surface area is 125 Å². The van der Waals surface area contributed by atoms with Crippen LogP contribution >= 0.6 is 11.6 Å². The monoisotopic (exact) mass is 296 g/mol. The summed E-state index contributed by atoms with van der Waals surface area (Å²) >= 11 is 6.32. The number of aryl methyl sites for hydroxylation is 1. The van der Waals surface area contributed by atoms with Crippen LogP contribution in [0.25, 0.3) is 0 Å².